The van der Waals surface area contributed by atoms with Crippen molar-refractivity contribution < 1.29 is 9.15 Å². The van der Waals surface area contributed by atoms with Crippen LogP contribution in [0.3, 0.4) is 0 Å². The van der Waals surface area contributed by atoms with E-state index in [1.54, 1.807) is 0 Å². The Hall–Kier alpha value is -8.34. The molecule has 0 radical (unpaired) electrons. The second-order valence-corrected chi connectivity index (χ2v) is 15.7. The van der Waals surface area contributed by atoms with E-state index in [1.165, 1.54) is 11.1 Å². The molecule has 62 heavy (non-hydrogen) atoms. The van der Waals surface area contributed by atoms with Crippen molar-refractivity contribution in [1.29, 1.82) is 0 Å². The molecule has 4 nitrogen and oxygen atoms in total. The van der Waals surface area contributed by atoms with Gasteiger partial charge in [0.2, 0.25) is 0 Å². The number of para-hydroxylation sites is 4. The van der Waals surface area contributed by atoms with Gasteiger partial charge in [-0.3, -0.25) is 0 Å². The number of anilines is 6. The lowest BCUT2D eigenvalue weighted by Gasteiger charge is -2.33. The molecule has 292 valence electrons. The van der Waals surface area contributed by atoms with Crippen LogP contribution in [0.2, 0.25) is 0 Å². The summed E-state index contributed by atoms with van der Waals surface area (Å²) >= 11 is 0. The fourth-order valence-corrected chi connectivity index (χ4v) is 9.18. The summed E-state index contributed by atoms with van der Waals surface area (Å²) in [7, 11) is 0. The summed E-state index contributed by atoms with van der Waals surface area (Å²) in [5.74, 6) is 1.59. The maximum Gasteiger partial charge on any atom is 0.159 e. The number of ether oxygens (including phenoxy) is 1. The van der Waals surface area contributed by atoms with E-state index in [4.69, 9.17) is 9.15 Å². The average molecular weight is 795 g/mol. The van der Waals surface area contributed by atoms with Gasteiger partial charge in [-0.25, -0.2) is 0 Å². The van der Waals surface area contributed by atoms with E-state index in [0.29, 0.717) is 0 Å². The monoisotopic (exact) mass is 794 g/mol. The van der Waals surface area contributed by atoms with Gasteiger partial charge in [-0.05, 0) is 99.9 Å². The van der Waals surface area contributed by atoms with Crippen LogP contribution >= 0.6 is 0 Å². The number of rotatable bonds is 8. The van der Waals surface area contributed by atoms with Gasteiger partial charge < -0.3 is 19.0 Å². The van der Waals surface area contributed by atoms with Crippen molar-refractivity contribution in [3.63, 3.8) is 0 Å². The molecule has 12 rings (SSSR count). The topological polar surface area (TPSA) is 28.9 Å². The second kappa shape index (κ2) is 14.7. The van der Waals surface area contributed by atoms with E-state index >= 15 is 0 Å². The molecule has 0 N–H and O–H groups in total. The zero-order valence-corrected chi connectivity index (χ0v) is 33.7. The van der Waals surface area contributed by atoms with E-state index in [1.807, 2.05) is 12.1 Å². The van der Waals surface area contributed by atoms with Crippen molar-refractivity contribution >= 4 is 66.8 Å². The highest BCUT2D eigenvalue weighted by molar-refractivity contribution is 6.14. The number of nitrogens with zero attached hydrogens (tertiary/aromatic N) is 2. The molecule has 1 aliphatic rings. The van der Waals surface area contributed by atoms with Crippen molar-refractivity contribution in [1.82, 2.24) is 0 Å². The summed E-state index contributed by atoms with van der Waals surface area (Å²) in [5, 5.41) is 4.30. The molecule has 0 spiro atoms. The van der Waals surface area contributed by atoms with Crippen LogP contribution in [0, 0.1) is 0 Å². The Bertz CT molecular complexity index is 3380. The first kappa shape index (κ1) is 35.6. The molecule has 0 bridgehead atoms. The van der Waals surface area contributed by atoms with Crippen molar-refractivity contribution in [3.8, 4) is 44.9 Å². The minimum atomic E-state index is 0.794. The summed E-state index contributed by atoms with van der Waals surface area (Å²) in [6, 6.07) is 81.3. The third-order valence-electron chi connectivity index (χ3n) is 12.0. The molecule has 0 unspecified atom stereocenters. The maximum absolute atomic E-state index is 7.28. The number of hydrogen-bond acceptors (Lipinski definition) is 4. The van der Waals surface area contributed by atoms with Gasteiger partial charge >= 0.3 is 0 Å². The summed E-state index contributed by atoms with van der Waals surface area (Å²) in [4.78, 5) is 4.62. The van der Waals surface area contributed by atoms with Crippen molar-refractivity contribution in [2.75, 3.05) is 9.80 Å². The zero-order valence-electron chi connectivity index (χ0n) is 33.7. The van der Waals surface area contributed by atoms with Crippen LogP contribution < -0.4 is 14.5 Å². The van der Waals surface area contributed by atoms with Crippen LogP contribution in [-0.4, -0.2) is 0 Å². The van der Waals surface area contributed by atoms with E-state index in [-0.39, 0.29) is 0 Å². The fourth-order valence-electron chi connectivity index (χ4n) is 9.18. The molecular formula is C58H38N2O2. The molecule has 2 heterocycles. The smallest absolute Gasteiger partial charge is 0.159 e. The van der Waals surface area contributed by atoms with E-state index < -0.39 is 0 Å². The summed E-state index contributed by atoms with van der Waals surface area (Å²) < 4.78 is 14.0. The summed E-state index contributed by atoms with van der Waals surface area (Å²) in [5.41, 5.74) is 14.5. The Morgan fingerprint density at radius 2 is 0.887 bits per heavy atom. The molecule has 0 atom stereocenters. The highest BCUT2D eigenvalue weighted by Gasteiger charge is 2.31. The van der Waals surface area contributed by atoms with Gasteiger partial charge in [0.05, 0.1) is 17.1 Å². The Balaban J connectivity index is 1.05. The number of furan rings is 1. The number of fused-ring (bicyclic) bond motifs is 5. The molecule has 0 fully saturated rings. The Morgan fingerprint density at radius 1 is 0.339 bits per heavy atom. The van der Waals surface area contributed by atoms with Crippen LogP contribution in [0.15, 0.2) is 235 Å². The van der Waals surface area contributed by atoms with Crippen LogP contribution in [0.25, 0.3) is 66.1 Å². The lowest BCUT2D eigenvalue weighted by molar-refractivity contribution is 0.488. The lowest BCUT2D eigenvalue weighted by atomic mass is 9.92. The summed E-state index contributed by atoms with van der Waals surface area (Å²) in [6.45, 7) is 0. The standard InChI is InChI=1S/C58H38N2O2/c1-4-15-39(16-5-1)40-29-31-41(32-30-40)42-33-36-46(37-34-42)60(51-26-13-23-48-47-22-10-11-27-53(47)61-57(48)51)52-38-35-43-17-12-24-49-55(43)58(52)62-54-28-14-25-50(56(49)54)59(44-18-6-2-7-19-44)45-20-8-3-9-21-45/h1-38H. The number of benzene rings is 10. The summed E-state index contributed by atoms with van der Waals surface area (Å²) in [6.07, 6.45) is 0. The van der Waals surface area contributed by atoms with Crippen LogP contribution in [0.4, 0.5) is 34.1 Å². The van der Waals surface area contributed by atoms with Gasteiger partial charge in [0.1, 0.15) is 11.3 Å². The van der Waals surface area contributed by atoms with Crippen LogP contribution in [0.1, 0.15) is 0 Å². The predicted octanol–water partition coefficient (Wildman–Crippen LogP) is 16.8. The van der Waals surface area contributed by atoms with Gasteiger partial charge in [-0.1, -0.05) is 164 Å². The molecule has 1 aliphatic heterocycles. The Morgan fingerprint density at radius 3 is 1.60 bits per heavy atom. The van der Waals surface area contributed by atoms with Gasteiger partial charge in [0.15, 0.2) is 11.3 Å². The molecule has 1 aromatic heterocycles. The molecule has 0 saturated carbocycles. The van der Waals surface area contributed by atoms with Crippen molar-refractivity contribution in [2.24, 2.45) is 0 Å². The van der Waals surface area contributed by atoms with Gasteiger partial charge in [0, 0.05) is 38.8 Å². The van der Waals surface area contributed by atoms with Gasteiger partial charge in [0.25, 0.3) is 0 Å². The minimum absolute atomic E-state index is 0.794. The molecule has 0 amide bonds. The van der Waals surface area contributed by atoms with Gasteiger partial charge in [-0.2, -0.15) is 0 Å². The van der Waals surface area contributed by atoms with Crippen LogP contribution in [-0.2, 0) is 0 Å². The fraction of sp³-hybridized carbons (Fsp3) is 0. The molecular weight excluding hydrogens is 757 g/mol. The molecule has 0 saturated heterocycles. The SMILES string of the molecule is c1ccc(-c2ccc(-c3ccc(N(c4ccc5cccc6c5c4Oc4cccc(N(c5ccccc5)c5ccccc5)c4-6)c4cccc5c4oc4ccccc45)cc3)cc2)cc1. The highest BCUT2D eigenvalue weighted by atomic mass is 16.5. The second-order valence-electron chi connectivity index (χ2n) is 15.7. The Labute approximate surface area is 359 Å². The average Bonchev–Trinajstić information content (AvgIpc) is 3.73. The minimum Gasteiger partial charge on any atom is -0.454 e. The highest BCUT2D eigenvalue weighted by Crippen LogP contribution is 2.57. The van der Waals surface area contributed by atoms with E-state index in [0.717, 1.165) is 101 Å². The van der Waals surface area contributed by atoms with Crippen molar-refractivity contribution in [2.45, 2.75) is 0 Å². The first-order valence-electron chi connectivity index (χ1n) is 21.0. The number of hydrogen-bond donors (Lipinski definition) is 0. The normalized spacial score (nSPS) is 11.7. The Kier molecular flexibility index (Phi) is 8.46. The first-order chi connectivity index (χ1) is 30.8. The third-order valence-corrected chi connectivity index (χ3v) is 12.0. The van der Waals surface area contributed by atoms with E-state index in [9.17, 15) is 0 Å². The molecule has 10 aromatic carbocycles. The predicted molar refractivity (Wildman–Crippen MR) is 257 cm³/mol. The quantitative estimate of drug-likeness (QED) is 0.153. The largest absolute Gasteiger partial charge is 0.454 e. The molecule has 4 heteroatoms. The first-order valence-corrected chi connectivity index (χ1v) is 21.0. The van der Waals surface area contributed by atoms with Gasteiger partial charge in [-0.15, -0.1) is 0 Å². The van der Waals surface area contributed by atoms with Crippen LogP contribution in [0.5, 0.6) is 11.5 Å². The molecule has 0 aliphatic carbocycles. The third kappa shape index (κ3) is 5.92. The maximum atomic E-state index is 7.28. The van der Waals surface area contributed by atoms with E-state index in [2.05, 4.69) is 228 Å². The lowest BCUT2D eigenvalue weighted by Crippen LogP contribution is -2.14. The van der Waals surface area contributed by atoms with Crippen molar-refractivity contribution in [3.05, 3.63) is 231 Å². The molecule has 11 aromatic rings. The zero-order chi connectivity index (χ0) is 41.0.